The topological polar surface area (TPSA) is 58.4 Å². The molecule has 0 bridgehead atoms. The fourth-order valence-corrected chi connectivity index (χ4v) is 5.64. The van der Waals surface area contributed by atoms with Crippen LogP contribution in [0.2, 0.25) is 0 Å². The van der Waals surface area contributed by atoms with Gasteiger partial charge in [-0.15, -0.1) is 0 Å². The van der Waals surface area contributed by atoms with E-state index in [1.54, 1.807) is 11.2 Å². The Morgan fingerprint density at radius 1 is 0.963 bits per heavy atom. The zero-order chi connectivity index (χ0) is 19.8. The molecule has 1 aliphatic heterocycles. The molecule has 0 atom stereocenters. The minimum atomic E-state index is -3.57. The van der Waals surface area contributed by atoms with Crippen molar-refractivity contribution in [3.63, 3.8) is 0 Å². The van der Waals surface area contributed by atoms with Crippen molar-refractivity contribution >= 4 is 15.7 Å². The van der Waals surface area contributed by atoms with E-state index in [2.05, 4.69) is 22.1 Å². The molecule has 7 heteroatoms. The second-order valence-corrected chi connectivity index (χ2v) is 10.0. The summed E-state index contributed by atoms with van der Waals surface area (Å²) in [5.41, 5.74) is 2.17. The number of aromatic nitrogens is 2. The van der Waals surface area contributed by atoms with Crippen molar-refractivity contribution in [1.29, 1.82) is 0 Å². The van der Waals surface area contributed by atoms with Crippen LogP contribution in [0, 0.1) is 13.8 Å². The Bertz CT molecular complexity index is 898. The predicted octanol–water partition coefficient (Wildman–Crippen LogP) is 3.16. The maximum atomic E-state index is 13.4. The van der Waals surface area contributed by atoms with Crippen LogP contribution in [0.5, 0.6) is 0 Å². The van der Waals surface area contributed by atoms with Crippen LogP contribution in [-0.4, -0.2) is 48.7 Å². The molecule has 1 fully saturated rings. The van der Waals surface area contributed by atoms with Crippen molar-refractivity contribution in [2.75, 3.05) is 31.1 Å². The van der Waals surface area contributed by atoms with Crippen LogP contribution in [0.3, 0.4) is 0 Å². The van der Waals surface area contributed by atoms with Gasteiger partial charge in [-0.25, -0.2) is 8.42 Å². The van der Waals surface area contributed by atoms with Crippen molar-refractivity contribution in [3.05, 3.63) is 41.7 Å². The molecule has 1 aliphatic rings. The van der Waals surface area contributed by atoms with E-state index in [1.807, 2.05) is 50.6 Å². The van der Waals surface area contributed by atoms with E-state index in [4.69, 9.17) is 0 Å². The molecule has 2 heterocycles. The molecule has 0 aliphatic carbocycles. The van der Waals surface area contributed by atoms with Gasteiger partial charge >= 0.3 is 0 Å². The highest BCUT2D eigenvalue weighted by Crippen LogP contribution is 2.28. The number of benzene rings is 1. The Hall–Kier alpha value is -1.86. The number of aryl methyl sites for hydroxylation is 1. The molecule has 3 rings (SSSR count). The monoisotopic (exact) mass is 390 g/mol. The van der Waals surface area contributed by atoms with Crippen molar-refractivity contribution in [2.24, 2.45) is 0 Å². The summed E-state index contributed by atoms with van der Waals surface area (Å²) in [4.78, 5) is 2.62. The molecule has 1 aromatic carbocycles. The number of sulfonamides is 1. The van der Waals surface area contributed by atoms with E-state index in [-0.39, 0.29) is 5.54 Å². The number of hydrogen-bond donors (Lipinski definition) is 0. The zero-order valence-electron chi connectivity index (χ0n) is 16.9. The van der Waals surface area contributed by atoms with Crippen LogP contribution < -0.4 is 4.90 Å². The molecule has 0 spiro atoms. The van der Waals surface area contributed by atoms with Crippen molar-refractivity contribution < 1.29 is 8.42 Å². The lowest BCUT2D eigenvalue weighted by Gasteiger charge is -2.24. The van der Waals surface area contributed by atoms with Gasteiger partial charge in [-0.2, -0.15) is 9.40 Å². The molecule has 0 saturated carbocycles. The van der Waals surface area contributed by atoms with Gasteiger partial charge in [-0.3, -0.25) is 4.68 Å². The second-order valence-electron chi connectivity index (χ2n) is 8.16. The lowest BCUT2D eigenvalue weighted by molar-refractivity contribution is 0.345. The third kappa shape index (κ3) is 3.89. The molecule has 0 radical (unpaired) electrons. The lowest BCUT2D eigenvalue weighted by Crippen LogP contribution is -2.36. The summed E-state index contributed by atoms with van der Waals surface area (Å²) in [6, 6.07) is 10.2. The molecular weight excluding hydrogens is 360 g/mol. The Balaban J connectivity index is 1.87. The number of para-hydroxylation sites is 1. The Labute approximate surface area is 162 Å². The quantitative estimate of drug-likeness (QED) is 0.808. The summed E-state index contributed by atoms with van der Waals surface area (Å²) in [6.45, 7) is 12.3. The largest absolute Gasteiger partial charge is 0.370 e. The van der Waals surface area contributed by atoms with E-state index < -0.39 is 10.0 Å². The number of hydrogen-bond acceptors (Lipinski definition) is 4. The van der Waals surface area contributed by atoms with Gasteiger partial charge in [0.1, 0.15) is 4.90 Å². The fourth-order valence-electron chi connectivity index (χ4n) is 3.82. The first-order chi connectivity index (χ1) is 12.6. The Morgan fingerprint density at radius 3 is 2.22 bits per heavy atom. The van der Waals surface area contributed by atoms with Crippen LogP contribution in [-0.2, 0) is 15.6 Å². The van der Waals surface area contributed by atoms with E-state index in [0.717, 1.165) is 18.7 Å². The highest BCUT2D eigenvalue weighted by Gasteiger charge is 2.33. The second kappa shape index (κ2) is 7.28. The number of rotatable bonds is 3. The SMILES string of the molecule is Cc1nn(C(C)(C)C)c(C)c1S(=O)(=O)N1CCCN(c2ccccc2)CC1. The summed E-state index contributed by atoms with van der Waals surface area (Å²) in [5, 5.41) is 4.53. The fraction of sp³-hybridized carbons (Fsp3) is 0.550. The molecule has 2 aromatic rings. The highest BCUT2D eigenvalue weighted by atomic mass is 32.2. The van der Waals surface area contributed by atoms with Gasteiger partial charge in [0.2, 0.25) is 10.0 Å². The average molecular weight is 391 g/mol. The maximum absolute atomic E-state index is 13.4. The van der Waals surface area contributed by atoms with Crippen LogP contribution >= 0.6 is 0 Å². The molecule has 0 unspecified atom stereocenters. The van der Waals surface area contributed by atoms with Crippen molar-refractivity contribution in [1.82, 2.24) is 14.1 Å². The van der Waals surface area contributed by atoms with Gasteiger partial charge in [0.15, 0.2) is 0 Å². The first kappa shape index (κ1) is 19.9. The minimum Gasteiger partial charge on any atom is -0.370 e. The predicted molar refractivity (Wildman–Crippen MR) is 109 cm³/mol. The molecule has 0 N–H and O–H groups in total. The normalized spacial score (nSPS) is 17.1. The zero-order valence-corrected chi connectivity index (χ0v) is 17.8. The lowest BCUT2D eigenvalue weighted by atomic mass is 10.1. The molecule has 27 heavy (non-hydrogen) atoms. The molecule has 0 amide bonds. The minimum absolute atomic E-state index is 0.258. The van der Waals surface area contributed by atoms with Crippen molar-refractivity contribution in [2.45, 2.75) is 51.5 Å². The summed E-state index contributed by atoms with van der Waals surface area (Å²) in [6.07, 6.45) is 0.805. The first-order valence-electron chi connectivity index (χ1n) is 9.49. The van der Waals surface area contributed by atoms with Gasteiger partial charge in [0, 0.05) is 31.9 Å². The number of nitrogens with zero attached hydrogens (tertiary/aromatic N) is 4. The van der Waals surface area contributed by atoms with Gasteiger partial charge in [0.05, 0.1) is 16.9 Å². The van der Waals surface area contributed by atoms with Crippen LogP contribution in [0.4, 0.5) is 5.69 Å². The summed E-state index contributed by atoms with van der Waals surface area (Å²) in [7, 11) is -3.57. The van der Waals surface area contributed by atoms with Crippen LogP contribution in [0.1, 0.15) is 38.6 Å². The molecule has 148 valence electrons. The third-order valence-electron chi connectivity index (χ3n) is 5.03. The first-order valence-corrected chi connectivity index (χ1v) is 10.9. The van der Waals surface area contributed by atoms with Crippen molar-refractivity contribution in [3.8, 4) is 0 Å². The van der Waals surface area contributed by atoms with Gasteiger partial charge in [-0.1, -0.05) is 18.2 Å². The highest BCUT2D eigenvalue weighted by molar-refractivity contribution is 7.89. The maximum Gasteiger partial charge on any atom is 0.246 e. The summed E-state index contributed by atoms with van der Waals surface area (Å²) in [5.74, 6) is 0. The van der Waals surface area contributed by atoms with E-state index in [9.17, 15) is 8.42 Å². The summed E-state index contributed by atoms with van der Waals surface area (Å²) >= 11 is 0. The Kier molecular flexibility index (Phi) is 5.36. The smallest absolute Gasteiger partial charge is 0.246 e. The molecular formula is C20H30N4O2S. The van der Waals surface area contributed by atoms with Crippen LogP contribution in [0.15, 0.2) is 35.2 Å². The van der Waals surface area contributed by atoms with E-state index >= 15 is 0 Å². The van der Waals surface area contributed by atoms with E-state index in [0.29, 0.717) is 35.9 Å². The number of anilines is 1. The van der Waals surface area contributed by atoms with Gasteiger partial charge in [0.25, 0.3) is 0 Å². The molecule has 1 aromatic heterocycles. The van der Waals surface area contributed by atoms with Gasteiger partial charge < -0.3 is 4.90 Å². The van der Waals surface area contributed by atoms with Gasteiger partial charge in [-0.05, 0) is 53.2 Å². The Morgan fingerprint density at radius 2 is 1.63 bits per heavy atom. The van der Waals surface area contributed by atoms with Crippen LogP contribution in [0.25, 0.3) is 0 Å². The average Bonchev–Trinajstić information content (AvgIpc) is 2.78. The summed E-state index contributed by atoms with van der Waals surface area (Å²) < 4.78 is 30.3. The molecule has 6 nitrogen and oxygen atoms in total. The third-order valence-corrected chi connectivity index (χ3v) is 7.19. The molecule has 1 saturated heterocycles. The standard InChI is InChI=1S/C20H30N4O2S/c1-16-19(17(2)24(21-16)20(3,4)5)27(25,26)23-13-9-12-22(14-15-23)18-10-7-6-8-11-18/h6-8,10-11H,9,12-15H2,1-5H3. The van der Waals surface area contributed by atoms with E-state index in [1.165, 1.54) is 0 Å².